The number of thiophene rings is 1. The quantitative estimate of drug-likeness (QED) is 0.930. The number of methoxy groups -OCH3 is 1. The molecule has 1 saturated heterocycles. The lowest BCUT2D eigenvalue weighted by atomic mass is 10.2. The summed E-state index contributed by atoms with van der Waals surface area (Å²) in [5.74, 6) is 2.05. The molecule has 0 spiro atoms. The predicted octanol–water partition coefficient (Wildman–Crippen LogP) is 2.11. The number of hydrogen-bond donors (Lipinski definition) is 1. The van der Waals surface area contributed by atoms with Crippen LogP contribution in [0, 0.1) is 6.92 Å². The molecule has 0 aliphatic carbocycles. The molecular weight excluding hydrogens is 312 g/mol. The van der Waals surface area contributed by atoms with Gasteiger partial charge in [0.05, 0.1) is 13.2 Å². The van der Waals surface area contributed by atoms with Crippen LogP contribution >= 0.6 is 23.7 Å². The summed E-state index contributed by atoms with van der Waals surface area (Å²) in [5, 5.41) is 7.49. The van der Waals surface area contributed by atoms with Gasteiger partial charge in [0.2, 0.25) is 0 Å². The Balaban J connectivity index is 0.00000161. The van der Waals surface area contributed by atoms with Crippen molar-refractivity contribution in [2.24, 2.45) is 0 Å². The van der Waals surface area contributed by atoms with Crippen molar-refractivity contribution >= 4 is 23.7 Å². The Morgan fingerprint density at radius 2 is 2.33 bits per heavy atom. The minimum Gasteiger partial charge on any atom is -0.495 e. The lowest BCUT2D eigenvalue weighted by Crippen LogP contribution is -2.44. The Morgan fingerprint density at radius 1 is 1.52 bits per heavy atom. The molecule has 1 aliphatic rings. The molecule has 1 aliphatic heterocycles. The van der Waals surface area contributed by atoms with Gasteiger partial charge in [0, 0.05) is 24.5 Å². The highest BCUT2D eigenvalue weighted by Gasteiger charge is 2.26. The molecule has 0 amide bonds. The molecule has 0 aromatic carbocycles. The largest absolute Gasteiger partial charge is 0.495 e. The van der Waals surface area contributed by atoms with Gasteiger partial charge in [0.1, 0.15) is 10.6 Å². The van der Waals surface area contributed by atoms with Crippen LogP contribution in [-0.2, 0) is 0 Å². The Morgan fingerprint density at radius 3 is 3.05 bits per heavy atom. The minimum atomic E-state index is 0. The van der Waals surface area contributed by atoms with E-state index in [9.17, 15) is 0 Å². The fourth-order valence-electron chi connectivity index (χ4n) is 2.35. The monoisotopic (exact) mass is 330 g/mol. The molecule has 8 heteroatoms. The number of hydrogen-bond acceptors (Lipinski definition) is 7. The molecule has 1 N–H and O–H groups in total. The van der Waals surface area contributed by atoms with Gasteiger partial charge in [-0.05, 0) is 20.0 Å². The molecule has 21 heavy (non-hydrogen) atoms. The van der Waals surface area contributed by atoms with Crippen molar-refractivity contribution in [3.8, 4) is 16.5 Å². The smallest absolute Gasteiger partial charge is 0.271 e. The molecule has 3 rings (SSSR count). The number of nitrogens with zero attached hydrogens (tertiary/aromatic N) is 3. The van der Waals surface area contributed by atoms with Gasteiger partial charge in [0.25, 0.3) is 5.89 Å². The molecule has 3 heterocycles. The van der Waals surface area contributed by atoms with Crippen LogP contribution in [0.4, 0.5) is 0 Å². The summed E-state index contributed by atoms with van der Waals surface area (Å²) < 4.78 is 10.8. The van der Waals surface area contributed by atoms with Crippen molar-refractivity contribution in [1.29, 1.82) is 0 Å². The summed E-state index contributed by atoms with van der Waals surface area (Å²) in [6.45, 7) is 4.86. The second-order valence-corrected chi connectivity index (χ2v) is 6.17. The first-order valence-electron chi connectivity index (χ1n) is 6.58. The molecule has 0 saturated carbocycles. The summed E-state index contributed by atoms with van der Waals surface area (Å²) in [6, 6.07) is 2.14. The van der Waals surface area contributed by atoms with Crippen LogP contribution in [0.25, 0.3) is 10.8 Å². The van der Waals surface area contributed by atoms with E-state index in [2.05, 4.69) is 27.4 Å². The van der Waals surface area contributed by atoms with Gasteiger partial charge in [0.15, 0.2) is 5.82 Å². The molecule has 2 aromatic rings. The van der Waals surface area contributed by atoms with Gasteiger partial charge in [-0.25, -0.2) is 0 Å². The van der Waals surface area contributed by atoms with E-state index in [1.807, 2.05) is 13.0 Å². The van der Waals surface area contributed by atoms with Crippen LogP contribution in [0.5, 0.6) is 5.75 Å². The van der Waals surface area contributed by atoms with E-state index in [0.717, 1.165) is 41.0 Å². The van der Waals surface area contributed by atoms with E-state index in [1.165, 1.54) is 0 Å². The van der Waals surface area contributed by atoms with Crippen LogP contribution in [0.3, 0.4) is 0 Å². The maximum atomic E-state index is 5.42. The van der Waals surface area contributed by atoms with E-state index >= 15 is 0 Å². The van der Waals surface area contributed by atoms with Gasteiger partial charge < -0.3 is 14.6 Å². The molecular formula is C13H19ClN4O2S. The van der Waals surface area contributed by atoms with Crippen molar-refractivity contribution < 1.29 is 9.26 Å². The van der Waals surface area contributed by atoms with E-state index in [1.54, 1.807) is 18.4 Å². The number of ether oxygens (including phenoxy) is 1. The fraction of sp³-hybridized carbons (Fsp3) is 0.538. The lowest BCUT2D eigenvalue weighted by molar-refractivity contribution is 0.190. The summed E-state index contributed by atoms with van der Waals surface area (Å²) in [7, 11) is 3.73. The first-order chi connectivity index (χ1) is 9.69. The zero-order valence-electron chi connectivity index (χ0n) is 12.3. The summed E-state index contributed by atoms with van der Waals surface area (Å²) in [6.07, 6.45) is 0. The van der Waals surface area contributed by atoms with Gasteiger partial charge in [-0.3, -0.25) is 4.90 Å². The van der Waals surface area contributed by atoms with Crippen molar-refractivity contribution in [1.82, 2.24) is 20.4 Å². The molecule has 1 atom stereocenters. The highest BCUT2D eigenvalue weighted by molar-refractivity contribution is 7.15. The lowest BCUT2D eigenvalue weighted by Gasteiger charge is -2.30. The van der Waals surface area contributed by atoms with E-state index in [-0.39, 0.29) is 18.4 Å². The third-order valence-corrected chi connectivity index (χ3v) is 4.51. The number of likely N-dealkylation sites (N-methyl/N-ethyl adjacent to an activating group) is 1. The maximum Gasteiger partial charge on any atom is 0.271 e. The molecule has 2 aromatic heterocycles. The highest BCUT2D eigenvalue weighted by Crippen LogP contribution is 2.37. The molecule has 6 nitrogen and oxygen atoms in total. The Labute approximate surface area is 133 Å². The molecule has 0 radical (unpaired) electrons. The van der Waals surface area contributed by atoms with E-state index in [0.29, 0.717) is 5.89 Å². The Hall–Kier alpha value is -1.15. The van der Waals surface area contributed by atoms with Crippen molar-refractivity contribution in [2.45, 2.75) is 13.0 Å². The summed E-state index contributed by atoms with van der Waals surface area (Å²) in [5.41, 5.74) is 0. The van der Waals surface area contributed by atoms with Gasteiger partial charge in [-0.1, -0.05) is 5.16 Å². The second-order valence-electron chi connectivity index (χ2n) is 4.91. The number of piperazine rings is 1. The van der Waals surface area contributed by atoms with Crippen LogP contribution in [0.2, 0.25) is 0 Å². The average molecular weight is 331 g/mol. The summed E-state index contributed by atoms with van der Waals surface area (Å²) >= 11 is 1.60. The normalized spacial score (nSPS) is 19.3. The van der Waals surface area contributed by atoms with Gasteiger partial charge >= 0.3 is 0 Å². The average Bonchev–Trinajstić information content (AvgIpc) is 3.05. The molecule has 1 fully saturated rings. The van der Waals surface area contributed by atoms with Gasteiger partial charge in [-0.2, -0.15) is 4.98 Å². The first kappa shape index (κ1) is 16.2. The number of rotatable bonds is 3. The van der Waals surface area contributed by atoms with Crippen molar-refractivity contribution in [3.05, 3.63) is 16.8 Å². The number of aryl methyl sites for hydroxylation is 1. The fourth-order valence-corrected chi connectivity index (χ4v) is 3.25. The molecule has 0 bridgehead atoms. The minimum absolute atomic E-state index is 0. The maximum absolute atomic E-state index is 5.42. The second kappa shape index (κ2) is 6.74. The van der Waals surface area contributed by atoms with Crippen LogP contribution in [-0.4, -0.2) is 48.8 Å². The Kier molecular flexibility index (Phi) is 5.21. The number of nitrogens with one attached hydrogen (secondary N) is 1. The van der Waals surface area contributed by atoms with Crippen LogP contribution in [0.15, 0.2) is 10.6 Å². The van der Waals surface area contributed by atoms with Crippen molar-refractivity contribution in [3.63, 3.8) is 0 Å². The topological polar surface area (TPSA) is 63.4 Å². The third kappa shape index (κ3) is 3.21. The standard InChI is InChI=1S/C13H18N4O2S.ClH/c1-8-6-10(18-3)11(20-8)13-15-12(16-19-13)9-7-14-4-5-17(9)2;/h6,9,14H,4-5,7H2,1-3H3;1H. The first-order valence-corrected chi connectivity index (χ1v) is 7.40. The van der Waals surface area contributed by atoms with Crippen molar-refractivity contribution in [2.75, 3.05) is 33.8 Å². The number of halogens is 1. The molecule has 116 valence electrons. The number of aromatic nitrogens is 2. The zero-order valence-corrected chi connectivity index (χ0v) is 13.9. The third-order valence-electron chi connectivity index (χ3n) is 3.49. The van der Waals surface area contributed by atoms with Gasteiger partial charge in [-0.15, -0.1) is 23.7 Å². The van der Waals surface area contributed by atoms with E-state index in [4.69, 9.17) is 9.26 Å². The van der Waals surface area contributed by atoms with Crippen LogP contribution in [0.1, 0.15) is 16.7 Å². The predicted molar refractivity (Wildman–Crippen MR) is 84.4 cm³/mol. The molecule has 1 unspecified atom stereocenters. The summed E-state index contributed by atoms with van der Waals surface area (Å²) in [4.78, 5) is 8.84. The van der Waals surface area contributed by atoms with E-state index < -0.39 is 0 Å². The SMILES string of the molecule is COc1cc(C)sc1-c1nc(C2CNCCN2C)no1.Cl. The Bertz CT molecular complexity index is 601. The highest BCUT2D eigenvalue weighted by atomic mass is 35.5. The van der Waals surface area contributed by atoms with Crippen LogP contribution < -0.4 is 10.1 Å². The zero-order chi connectivity index (χ0) is 14.1.